The molecule has 0 amide bonds. The van der Waals surface area contributed by atoms with Crippen molar-refractivity contribution in [2.75, 3.05) is 19.7 Å². The van der Waals surface area contributed by atoms with Crippen LogP contribution in [-0.2, 0) is 27.5 Å². The van der Waals surface area contributed by atoms with Crippen LogP contribution in [0.2, 0.25) is 0 Å². The van der Waals surface area contributed by atoms with Crippen LogP contribution in [0.25, 0.3) is 0 Å². The maximum Gasteiger partial charge on any atom is 0.416 e. The highest BCUT2D eigenvalue weighted by atomic mass is 32.2. The van der Waals surface area contributed by atoms with Crippen LogP contribution < -0.4 is 4.72 Å². The van der Waals surface area contributed by atoms with Gasteiger partial charge in [0.25, 0.3) is 0 Å². The number of benzene rings is 2. The Kier molecular flexibility index (Phi) is 7.58. The van der Waals surface area contributed by atoms with E-state index in [4.69, 9.17) is 4.74 Å². The van der Waals surface area contributed by atoms with E-state index < -0.39 is 27.7 Å². The number of ether oxygens (including phenoxy) is 1. The lowest BCUT2D eigenvalue weighted by molar-refractivity contribution is -0.137. The van der Waals surface area contributed by atoms with Crippen LogP contribution >= 0.6 is 0 Å². The van der Waals surface area contributed by atoms with Crippen LogP contribution in [0.3, 0.4) is 0 Å². The molecule has 1 saturated heterocycles. The van der Waals surface area contributed by atoms with Gasteiger partial charge >= 0.3 is 12.1 Å². The Labute approximate surface area is 185 Å². The first-order chi connectivity index (χ1) is 15.1. The molecule has 174 valence electrons. The summed E-state index contributed by atoms with van der Waals surface area (Å²) in [6.07, 6.45) is -3.34. The highest BCUT2D eigenvalue weighted by molar-refractivity contribution is 7.89. The van der Waals surface area contributed by atoms with Gasteiger partial charge in [-0.05, 0) is 49.6 Å². The van der Waals surface area contributed by atoms with E-state index in [1.807, 2.05) is 4.90 Å². The normalized spacial score (nSPS) is 16.1. The minimum Gasteiger partial charge on any atom is -0.462 e. The topological polar surface area (TPSA) is 75.7 Å². The van der Waals surface area contributed by atoms with Crippen molar-refractivity contribution in [3.8, 4) is 0 Å². The molecule has 0 atom stereocenters. The van der Waals surface area contributed by atoms with Gasteiger partial charge < -0.3 is 4.74 Å². The first kappa shape index (κ1) is 24.2. The summed E-state index contributed by atoms with van der Waals surface area (Å²) in [6.45, 7) is 3.32. The molecule has 3 rings (SSSR count). The molecule has 6 nitrogen and oxygen atoms in total. The van der Waals surface area contributed by atoms with Gasteiger partial charge in [0.2, 0.25) is 10.0 Å². The van der Waals surface area contributed by atoms with Crippen molar-refractivity contribution in [3.63, 3.8) is 0 Å². The summed E-state index contributed by atoms with van der Waals surface area (Å²) >= 11 is 0. The predicted molar refractivity (Wildman–Crippen MR) is 112 cm³/mol. The minimum absolute atomic E-state index is 0.0190. The average Bonchev–Trinajstić information content (AvgIpc) is 2.75. The van der Waals surface area contributed by atoms with Gasteiger partial charge in [-0.1, -0.05) is 24.3 Å². The number of hydrogen-bond acceptors (Lipinski definition) is 5. The van der Waals surface area contributed by atoms with E-state index in [-0.39, 0.29) is 23.1 Å². The Morgan fingerprint density at radius 2 is 1.81 bits per heavy atom. The van der Waals surface area contributed by atoms with Gasteiger partial charge in [0.05, 0.1) is 22.6 Å². The molecule has 1 fully saturated rings. The summed E-state index contributed by atoms with van der Waals surface area (Å²) in [5.74, 6) is -0.590. The number of nitrogens with zero attached hydrogens (tertiary/aromatic N) is 1. The number of rotatable bonds is 7. The summed E-state index contributed by atoms with van der Waals surface area (Å²) < 4.78 is 71.8. The maximum atomic E-state index is 12.9. The minimum atomic E-state index is -4.38. The summed E-state index contributed by atoms with van der Waals surface area (Å²) in [5, 5.41) is 0. The molecule has 1 heterocycles. The number of nitrogens with one attached hydrogen (secondary N) is 1. The molecule has 0 radical (unpaired) electrons. The van der Waals surface area contributed by atoms with Crippen molar-refractivity contribution in [2.24, 2.45) is 0 Å². The summed E-state index contributed by atoms with van der Waals surface area (Å²) in [4.78, 5) is 13.9. The van der Waals surface area contributed by atoms with Gasteiger partial charge in [-0.25, -0.2) is 17.9 Å². The first-order valence-corrected chi connectivity index (χ1v) is 11.7. The van der Waals surface area contributed by atoms with Gasteiger partial charge in [-0.2, -0.15) is 13.2 Å². The Balaban J connectivity index is 1.58. The van der Waals surface area contributed by atoms with E-state index in [1.54, 1.807) is 13.0 Å². The van der Waals surface area contributed by atoms with Crippen LogP contribution in [0.4, 0.5) is 13.2 Å². The quantitative estimate of drug-likeness (QED) is 0.623. The summed E-state index contributed by atoms with van der Waals surface area (Å²) in [6, 6.07) is 10.6. The van der Waals surface area contributed by atoms with E-state index in [1.165, 1.54) is 30.3 Å². The number of carbonyl (C=O) groups excluding carboxylic acids is 1. The molecule has 2 aromatic rings. The van der Waals surface area contributed by atoms with E-state index >= 15 is 0 Å². The van der Waals surface area contributed by atoms with E-state index in [0.29, 0.717) is 38.0 Å². The lowest BCUT2D eigenvalue weighted by Crippen LogP contribution is -2.44. The zero-order valence-electron chi connectivity index (χ0n) is 17.6. The SMILES string of the molecule is CCOC(=O)c1cccc(S(=O)(=O)NC2CCN(Cc3cccc(C(F)(F)F)c3)CC2)c1. The number of alkyl halides is 3. The Morgan fingerprint density at radius 3 is 2.47 bits per heavy atom. The molecule has 1 aliphatic rings. The van der Waals surface area contributed by atoms with Crippen molar-refractivity contribution in [2.45, 2.75) is 43.4 Å². The second-order valence-corrected chi connectivity index (χ2v) is 9.33. The van der Waals surface area contributed by atoms with Crippen molar-refractivity contribution >= 4 is 16.0 Å². The number of sulfonamides is 1. The molecule has 1 N–H and O–H groups in total. The summed E-state index contributed by atoms with van der Waals surface area (Å²) in [7, 11) is -3.83. The highest BCUT2D eigenvalue weighted by Crippen LogP contribution is 2.30. The van der Waals surface area contributed by atoms with Crippen molar-refractivity contribution in [3.05, 3.63) is 65.2 Å². The van der Waals surface area contributed by atoms with E-state index in [2.05, 4.69) is 4.72 Å². The molecule has 0 spiro atoms. The van der Waals surface area contributed by atoms with Crippen LogP contribution in [-0.4, -0.2) is 45.0 Å². The number of halogens is 3. The van der Waals surface area contributed by atoms with Gasteiger partial charge in [0.1, 0.15) is 0 Å². The Bertz CT molecular complexity index is 1050. The van der Waals surface area contributed by atoms with Gasteiger partial charge in [-0.15, -0.1) is 0 Å². The van der Waals surface area contributed by atoms with E-state index in [9.17, 15) is 26.4 Å². The number of hydrogen-bond donors (Lipinski definition) is 1. The van der Waals surface area contributed by atoms with Crippen molar-refractivity contribution in [1.29, 1.82) is 0 Å². The monoisotopic (exact) mass is 470 g/mol. The first-order valence-electron chi connectivity index (χ1n) is 10.3. The molecule has 1 aliphatic heterocycles. The molecule has 32 heavy (non-hydrogen) atoms. The number of likely N-dealkylation sites (tertiary alicyclic amines) is 1. The Hall–Kier alpha value is -2.43. The fourth-order valence-corrected chi connectivity index (χ4v) is 4.96. The fraction of sp³-hybridized carbons (Fsp3) is 0.409. The third kappa shape index (κ3) is 6.30. The van der Waals surface area contributed by atoms with Crippen molar-refractivity contribution in [1.82, 2.24) is 9.62 Å². The molecule has 10 heteroatoms. The van der Waals surface area contributed by atoms with E-state index in [0.717, 1.165) is 12.1 Å². The third-order valence-corrected chi connectivity index (χ3v) is 6.74. The fourth-order valence-electron chi connectivity index (χ4n) is 3.61. The highest BCUT2D eigenvalue weighted by Gasteiger charge is 2.31. The largest absolute Gasteiger partial charge is 0.462 e. The molecular formula is C22H25F3N2O4S. The molecule has 0 bridgehead atoms. The maximum absolute atomic E-state index is 12.9. The zero-order chi connectivity index (χ0) is 23.4. The number of esters is 1. The molecular weight excluding hydrogens is 445 g/mol. The van der Waals surface area contributed by atoms with Crippen LogP contribution in [0.5, 0.6) is 0 Å². The van der Waals surface area contributed by atoms with Gasteiger partial charge in [0, 0.05) is 25.7 Å². The Morgan fingerprint density at radius 1 is 1.12 bits per heavy atom. The van der Waals surface area contributed by atoms with Crippen LogP contribution in [0, 0.1) is 0 Å². The lowest BCUT2D eigenvalue weighted by atomic mass is 10.0. The third-order valence-electron chi connectivity index (χ3n) is 5.23. The second-order valence-electron chi connectivity index (χ2n) is 7.62. The number of carbonyl (C=O) groups is 1. The summed E-state index contributed by atoms with van der Waals surface area (Å²) in [5.41, 5.74) is 0.0444. The van der Waals surface area contributed by atoms with Gasteiger partial charge in [0.15, 0.2) is 0 Å². The van der Waals surface area contributed by atoms with Crippen molar-refractivity contribution < 1.29 is 31.1 Å². The molecule has 0 unspecified atom stereocenters. The molecule has 0 aliphatic carbocycles. The number of piperidine rings is 1. The zero-order valence-corrected chi connectivity index (χ0v) is 18.4. The van der Waals surface area contributed by atoms with Gasteiger partial charge in [-0.3, -0.25) is 4.90 Å². The van der Waals surface area contributed by atoms with Crippen LogP contribution in [0.1, 0.15) is 41.3 Å². The molecule has 0 aromatic heterocycles. The molecule has 0 saturated carbocycles. The second kappa shape index (κ2) is 10.0. The smallest absolute Gasteiger partial charge is 0.416 e. The molecule has 2 aromatic carbocycles. The van der Waals surface area contributed by atoms with Crippen LogP contribution in [0.15, 0.2) is 53.4 Å². The average molecular weight is 471 g/mol. The predicted octanol–water partition coefficient (Wildman–Crippen LogP) is 3.83. The lowest BCUT2D eigenvalue weighted by Gasteiger charge is -2.32. The standard InChI is InChI=1S/C22H25F3N2O4S/c1-2-31-21(28)17-6-4-8-20(14-17)32(29,30)26-19-9-11-27(12-10-19)15-16-5-3-7-18(13-16)22(23,24)25/h3-8,13-14,19,26H,2,9-12,15H2,1H3.